The lowest BCUT2D eigenvalue weighted by Crippen LogP contribution is -2.49. The van der Waals surface area contributed by atoms with Crippen LogP contribution >= 0.6 is 24.8 Å². The molecule has 1 unspecified atom stereocenters. The fourth-order valence-electron chi connectivity index (χ4n) is 2.79. The highest BCUT2D eigenvalue weighted by Crippen LogP contribution is 2.17. The van der Waals surface area contributed by atoms with Gasteiger partial charge in [0.25, 0.3) is 5.69 Å². The molecule has 0 amide bonds. The van der Waals surface area contributed by atoms with Crippen LogP contribution in [0.1, 0.15) is 0 Å². The first kappa shape index (κ1) is 23.8. The number of nitro groups is 1. The molecule has 154 valence electrons. The third-order valence-electron chi connectivity index (χ3n) is 4.17. The molecule has 0 saturated carbocycles. The molecule has 1 fully saturated rings. The lowest BCUT2D eigenvalue weighted by molar-refractivity contribution is -0.384. The minimum atomic E-state index is -0.635. The van der Waals surface area contributed by atoms with Crippen LogP contribution in [0.4, 0.5) is 11.6 Å². The van der Waals surface area contributed by atoms with Gasteiger partial charge in [0.15, 0.2) is 0 Å². The van der Waals surface area contributed by atoms with Gasteiger partial charge in [-0.2, -0.15) is 0 Å². The van der Waals surface area contributed by atoms with E-state index in [1.54, 1.807) is 18.5 Å². The average Bonchev–Trinajstić information content (AvgIpc) is 2.68. The van der Waals surface area contributed by atoms with Crippen LogP contribution < -0.4 is 9.64 Å². The molecule has 1 aromatic heterocycles. The van der Waals surface area contributed by atoms with Gasteiger partial charge in [-0.25, -0.2) is 9.97 Å². The van der Waals surface area contributed by atoms with Crippen molar-refractivity contribution >= 4 is 36.4 Å². The topological polar surface area (TPSA) is 105 Å². The number of aliphatic hydroxyl groups is 1. The molecular formula is C17H23Cl2N5O4. The molecule has 0 aliphatic carbocycles. The highest BCUT2D eigenvalue weighted by molar-refractivity contribution is 5.85. The van der Waals surface area contributed by atoms with E-state index in [1.807, 2.05) is 0 Å². The maximum absolute atomic E-state index is 10.6. The summed E-state index contributed by atoms with van der Waals surface area (Å²) in [7, 11) is 0. The highest BCUT2D eigenvalue weighted by Gasteiger charge is 2.21. The zero-order valence-electron chi connectivity index (χ0n) is 15.1. The molecule has 1 aromatic carbocycles. The van der Waals surface area contributed by atoms with Crippen LogP contribution in [0.3, 0.4) is 0 Å². The zero-order valence-corrected chi connectivity index (χ0v) is 16.7. The number of nitro benzene ring substituents is 1. The minimum absolute atomic E-state index is 0. The number of aliphatic hydroxyl groups excluding tert-OH is 1. The number of β-amino-alcohol motifs (C(OH)–C–C–N with tert-alkyl or cyclic N) is 1. The summed E-state index contributed by atoms with van der Waals surface area (Å²) in [4.78, 5) is 23.0. The second kappa shape index (κ2) is 11.6. The van der Waals surface area contributed by atoms with Crippen molar-refractivity contribution < 1.29 is 14.8 Å². The molecule has 0 spiro atoms. The Kier molecular flexibility index (Phi) is 9.88. The Balaban J connectivity index is 0.00000196. The average molecular weight is 432 g/mol. The van der Waals surface area contributed by atoms with Crippen LogP contribution in [0, 0.1) is 10.1 Å². The van der Waals surface area contributed by atoms with Crippen LogP contribution in [-0.2, 0) is 0 Å². The van der Waals surface area contributed by atoms with E-state index in [0.29, 0.717) is 12.3 Å². The molecule has 0 radical (unpaired) electrons. The first-order valence-corrected chi connectivity index (χ1v) is 8.41. The van der Waals surface area contributed by atoms with Crippen molar-refractivity contribution in [2.45, 2.75) is 6.10 Å². The van der Waals surface area contributed by atoms with Gasteiger partial charge in [0.1, 0.15) is 18.5 Å². The third-order valence-corrected chi connectivity index (χ3v) is 4.17. The molecular weight excluding hydrogens is 409 g/mol. The number of non-ortho nitro benzene ring substituents is 1. The van der Waals surface area contributed by atoms with Crippen molar-refractivity contribution in [2.24, 2.45) is 0 Å². The smallest absolute Gasteiger partial charge is 0.269 e. The summed E-state index contributed by atoms with van der Waals surface area (Å²) in [6, 6.07) is 7.62. The quantitative estimate of drug-likeness (QED) is 0.522. The second-order valence-corrected chi connectivity index (χ2v) is 6.05. The first-order valence-electron chi connectivity index (χ1n) is 8.41. The van der Waals surface area contributed by atoms with Crippen molar-refractivity contribution in [3.05, 3.63) is 52.8 Å². The molecule has 1 saturated heterocycles. The maximum Gasteiger partial charge on any atom is 0.269 e. The number of benzene rings is 1. The van der Waals surface area contributed by atoms with E-state index in [2.05, 4.69) is 19.8 Å². The van der Waals surface area contributed by atoms with Crippen molar-refractivity contribution in [3.8, 4) is 5.75 Å². The fraction of sp³-hybridized carbons (Fsp3) is 0.412. The van der Waals surface area contributed by atoms with Crippen molar-refractivity contribution in [1.82, 2.24) is 14.9 Å². The van der Waals surface area contributed by atoms with Gasteiger partial charge in [-0.15, -0.1) is 24.8 Å². The molecule has 0 bridgehead atoms. The Labute approximate surface area is 175 Å². The van der Waals surface area contributed by atoms with Gasteiger partial charge in [0, 0.05) is 57.3 Å². The summed E-state index contributed by atoms with van der Waals surface area (Å²) in [5.74, 6) is 1.23. The molecule has 2 heterocycles. The Hall–Kier alpha value is -2.20. The number of anilines is 1. The van der Waals surface area contributed by atoms with Gasteiger partial charge in [0.2, 0.25) is 5.95 Å². The van der Waals surface area contributed by atoms with Crippen LogP contribution in [0.15, 0.2) is 42.7 Å². The molecule has 9 nitrogen and oxygen atoms in total. The third kappa shape index (κ3) is 6.75. The molecule has 1 N–H and O–H groups in total. The zero-order chi connectivity index (χ0) is 18.4. The summed E-state index contributed by atoms with van der Waals surface area (Å²) in [5.41, 5.74) is 0.0122. The van der Waals surface area contributed by atoms with Crippen LogP contribution in [0.2, 0.25) is 0 Å². The number of nitrogens with zero attached hydrogens (tertiary/aromatic N) is 5. The molecule has 1 aliphatic rings. The normalized spacial score (nSPS) is 15.1. The predicted octanol–water partition coefficient (Wildman–Crippen LogP) is 1.79. The minimum Gasteiger partial charge on any atom is -0.491 e. The first-order chi connectivity index (χ1) is 12.6. The van der Waals surface area contributed by atoms with E-state index >= 15 is 0 Å². The van der Waals surface area contributed by atoms with Crippen molar-refractivity contribution in [2.75, 3.05) is 44.2 Å². The lowest BCUT2D eigenvalue weighted by atomic mass is 10.2. The second-order valence-electron chi connectivity index (χ2n) is 6.05. The van der Waals surface area contributed by atoms with Gasteiger partial charge < -0.3 is 14.7 Å². The molecule has 1 aliphatic heterocycles. The van der Waals surface area contributed by atoms with E-state index in [-0.39, 0.29) is 37.1 Å². The Morgan fingerprint density at radius 3 is 2.29 bits per heavy atom. The number of halogens is 2. The summed E-state index contributed by atoms with van der Waals surface area (Å²) >= 11 is 0. The summed E-state index contributed by atoms with van der Waals surface area (Å²) in [5, 5.41) is 20.8. The molecule has 28 heavy (non-hydrogen) atoms. The van der Waals surface area contributed by atoms with E-state index in [1.165, 1.54) is 24.3 Å². The SMILES string of the molecule is Cl.Cl.O=[N+]([O-])c1ccc(OCC(O)CN2CCN(c3ncccn3)CC2)cc1. The number of hydrogen-bond donors (Lipinski definition) is 1. The molecule has 3 rings (SSSR count). The standard InChI is InChI=1S/C17H21N5O4.2ClH/c23-15(13-26-16-4-2-14(3-5-16)22(24)25)12-20-8-10-21(11-9-20)17-18-6-1-7-19-17;;/h1-7,15,23H,8-13H2;2*1H. The lowest BCUT2D eigenvalue weighted by Gasteiger charge is -2.35. The Bertz CT molecular complexity index is 715. The predicted molar refractivity (Wildman–Crippen MR) is 110 cm³/mol. The monoisotopic (exact) mass is 431 g/mol. The number of ether oxygens (including phenoxy) is 1. The maximum atomic E-state index is 10.6. The van der Waals surface area contributed by atoms with E-state index in [4.69, 9.17) is 4.74 Å². The number of hydrogen-bond acceptors (Lipinski definition) is 8. The molecule has 11 heteroatoms. The largest absolute Gasteiger partial charge is 0.491 e. The fourth-order valence-corrected chi connectivity index (χ4v) is 2.79. The summed E-state index contributed by atoms with van der Waals surface area (Å²) < 4.78 is 5.50. The van der Waals surface area contributed by atoms with Crippen LogP contribution in [0.5, 0.6) is 5.75 Å². The summed E-state index contributed by atoms with van der Waals surface area (Å²) in [6.07, 6.45) is 2.83. The van der Waals surface area contributed by atoms with Gasteiger partial charge >= 0.3 is 0 Å². The Morgan fingerprint density at radius 2 is 1.71 bits per heavy atom. The number of rotatable bonds is 7. The van der Waals surface area contributed by atoms with Crippen LogP contribution in [0.25, 0.3) is 0 Å². The van der Waals surface area contributed by atoms with E-state index in [0.717, 1.165) is 32.1 Å². The van der Waals surface area contributed by atoms with Gasteiger partial charge in [-0.1, -0.05) is 0 Å². The molecule has 1 atom stereocenters. The molecule has 2 aromatic rings. The van der Waals surface area contributed by atoms with E-state index < -0.39 is 11.0 Å². The number of aromatic nitrogens is 2. The van der Waals surface area contributed by atoms with Gasteiger partial charge in [-0.05, 0) is 18.2 Å². The van der Waals surface area contributed by atoms with Crippen molar-refractivity contribution in [1.29, 1.82) is 0 Å². The summed E-state index contributed by atoms with van der Waals surface area (Å²) in [6.45, 7) is 3.88. The van der Waals surface area contributed by atoms with Gasteiger partial charge in [0.05, 0.1) is 4.92 Å². The van der Waals surface area contributed by atoms with E-state index in [9.17, 15) is 15.2 Å². The van der Waals surface area contributed by atoms with Crippen LogP contribution in [-0.4, -0.2) is 70.3 Å². The van der Waals surface area contributed by atoms with Gasteiger partial charge in [-0.3, -0.25) is 15.0 Å². The number of piperazine rings is 1. The Morgan fingerprint density at radius 1 is 1.11 bits per heavy atom. The highest BCUT2D eigenvalue weighted by atomic mass is 35.5. The van der Waals surface area contributed by atoms with Crippen molar-refractivity contribution in [3.63, 3.8) is 0 Å².